The van der Waals surface area contributed by atoms with Crippen molar-refractivity contribution in [3.63, 3.8) is 0 Å². The Morgan fingerprint density at radius 1 is 1.13 bits per heavy atom. The van der Waals surface area contributed by atoms with Crippen molar-refractivity contribution >= 4 is 11.8 Å². The quantitative estimate of drug-likeness (QED) is 0.810. The SMILES string of the molecule is Cn1cc(-c2ccc(N[C@H]3CC[C@H](NC(=O)O)CC3)cc2)cn1. The Morgan fingerprint density at radius 3 is 2.35 bits per heavy atom. The summed E-state index contributed by atoms with van der Waals surface area (Å²) in [4.78, 5) is 10.7. The number of benzene rings is 1. The first-order valence-corrected chi connectivity index (χ1v) is 7.95. The number of aryl methyl sites for hydroxylation is 1. The lowest BCUT2D eigenvalue weighted by atomic mass is 9.91. The summed E-state index contributed by atoms with van der Waals surface area (Å²) in [5.41, 5.74) is 3.37. The summed E-state index contributed by atoms with van der Waals surface area (Å²) >= 11 is 0. The maximum atomic E-state index is 10.7. The molecule has 3 rings (SSSR count). The van der Waals surface area contributed by atoms with Gasteiger partial charge >= 0.3 is 6.09 Å². The number of rotatable bonds is 4. The van der Waals surface area contributed by atoms with Gasteiger partial charge in [-0.05, 0) is 43.4 Å². The number of nitrogens with one attached hydrogen (secondary N) is 2. The van der Waals surface area contributed by atoms with Crippen LogP contribution >= 0.6 is 0 Å². The Morgan fingerprint density at radius 2 is 1.78 bits per heavy atom. The van der Waals surface area contributed by atoms with Crippen molar-refractivity contribution in [2.45, 2.75) is 37.8 Å². The van der Waals surface area contributed by atoms with Crippen LogP contribution in [0.3, 0.4) is 0 Å². The number of aromatic nitrogens is 2. The highest BCUT2D eigenvalue weighted by Crippen LogP contribution is 2.24. The van der Waals surface area contributed by atoms with Crippen LogP contribution < -0.4 is 10.6 Å². The van der Waals surface area contributed by atoms with E-state index in [2.05, 4.69) is 40.0 Å². The summed E-state index contributed by atoms with van der Waals surface area (Å²) in [5.74, 6) is 0. The molecule has 1 aromatic carbocycles. The van der Waals surface area contributed by atoms with Crippen LogP contribution in [-0.4, -0.2) is 33.1 Å². The molecule has 0 bridgehead atoms. The molecule has 1 fully saturated rings. The molecule has 0 saturated heterocycles. The van der Waals surface area contributed by atoms with Crippen LogP contribution in [0.15, 0.2) is 36.7 Å². The molecule has 1 aliphatic carbocycles. The van der Waals surface area contributed by atoms with Gasteiger partial charge in [-0.1, -0.05) is 12.1 Å². The zero-order valence-electron chi connectivity index (χ0n) is 13.2. The van der Waals surface area contributed by atoms with E-state index in [-0.39, 0.29) is 6.04 Å². The highest BCUT2D eigenvalue weighted by Gasteiger charge is 2.22. The predicted octanol–water partition coefficient (Wildman–Crippen LogP) is 3.08. The number of carboxylic acid groups (broad SMARTS) is 1. The molecule has 6 nitrogen and oxygen atoms in total. The van der Waals surface area contributed by atoms with Crippen LogP contribution in [0.5, 0.6) is 0 Å². The Kier molecular flexibility index (Phi) is 4.50. The predicted molar refractivity (Wildman–Crippen MR) is 89.5 cm³/mol. The van der Waals surface area contributed by atoms with E-state index in [0.717, 1.165) is 42.5 Å². The van der Waals surface area contributed by atoms with E-state index in [4.69, 9.17) is 5.11 Å². The molecule has 0 aliphatic heterocycles. The van der Waals surface area contributed by atoms with Crippen molar-refractivity contribution in [2.24, 2.45) is 7.05 Å². The summed E-state index contributed by atoms with van der Waals surface area (Å²) in [6.45, 7) is 0. The Bertz CT molecular complexity index is 657. The fraction of sp³-hybridized carbons (Fsp3) is 0.412. The number of anilines is 1. The van der Waals surface area contributed by atoms with Gasteiger partial charge in [0.05, 0.1) is 6.20 Å². The van der Waals surface area contributed by atoms with Gasteiger partial charge in [0.2, 0.25) is 0 Å². The summed E-state index contributed by atoms with van der Waals surface area (Å²) in [6.07, 6.45) is 6.67. The second-order valence-electron chi connectivity index (χ2n) is 6.12. The van der Waals surface area contributed by atoms with E-state index in [1.165, 1.54) is 0 Å². The van der Waals surface area contributed by atoms with E-state index < -0.39 is 6.09 Å². The molecule has 1 amide bonds. The van der Waals surface area contributed by atoms with Crippen molar-refractivity contribution in [2.75, 3.05) is 5.32 Å². The minimum absolute atomic E-state index is 0.0958. The van der Waals surface area contributed by atoms with Crippen molar-refractivity contribution < 1.29 is 9.90 Å². The lowest BCUT2D eigenvalue weighted by molar-refractivity contribution is 0.185. The Labute approximate surface area is 135 Å². The molecule has 0 unspecified atom stereocenters. The topological polar surface area (TPSA) is 79.2 Å². The molecule has 23 heavy (non-hydrogen) atoms. The minimum Gasteiger partial charge on any atom is -0.465 e. The zero-order valence-corrected chi connectivity index (χ0v) is 13.2. The molecule has 1 saturated carbocycles. The third kappa shape index (κ3) is 4.03. The number of hydrogen-bond acceptors (Lipinski definition) is 3. The lowest BCUT2D eigenvalue weighted by Crippen LogP contribution is -2.39. The van der Waals surface area contributed by atoms with Gasteiger partial charge in [-0.3, -0.25) is 4.68 Å². The van der Waals surface area contributed by atoms with Gasteiger partial charge in [-0.2, -0.15) is 5.10 Å². The molecule has 0 spiro atoms. The standard InChI is InChI=1S/C17H22N4O2/c1-21-11-13(10-18-21)12-2-4-14(5-3-12)19-15-6-8-16(9-7-15)20-17(22)23/h2-5,10-11,15-16,19-20H,6-9H2,1H3,(H,22,23)/t15-,16-. The second kappa shape index (κ2) is 6.73. The molecule has 3 N–H and O–H groups in total. The number of carbonyl (C=O) groups is 1. The van der Waals surface area contributed by atoms with Gasteiger partial charge in [0.15, 0.2) is 0 Å². The third-order valence-electron chi connectivity index (χ3n) is 4.35. The Balaban J connectivity index is 1.54. The molecular formula is C17H22N4O2. The maximum Gasteiger partial charge on any atom is 0.404 e. The fourth-order valence-corrected chi connectivity index (χ4v) is 3.12. The first kappa shape index (κ1) is 15.4. The molecule has 1 aliphatic rings. The van der Waals surface area contributed by atoms with Gasteiger partial charge in [-0.25, -0.2) is 4.79 Å². The summed E-state index contributed by atoms with van der Waals surface area (Å²) in [7, 11) is 1.91. The average Bonchev–Trinajstić information content (AvgIpc) is 2.96. The van der Waals surface area contributed by atoms with Crippen LogP contribution in [-0.2, 0) is 7.05 Å². The molecule has 1 aromatic heterocycles. The molecule has 0 radical (unpaired) electrons. The van der Waals surface area contributed by atoms with Crippen molar-refractivity contribution in [1.82, 2.24) is 15.1 Å². The van der Waals surface area contributed by atoms with Crippen LogP contribution in [0.4, 0.5) is 10.5 Å². The van der Waals surface area contributed by atoms with Crippen molar-refractivity contribution in [3.8, 4) is 11.1 Å². The summed E-state index contributed by atoms with van der Waals surface area (Å²) in [6, 6.07) is 8.87. The van der Waals surface area contributed by atoms with Crippen LogP contribution in [0.2, 0.25) is 0 Å². The first-order chi connectivity index (χ1) is 11.1. The number of nitrogens with zero attached hydrogens (tertiary/aromatic N) is 2. The highest BCUT2D eigenvalue weighted by atomic mass is 16.4. The van der Waals surface area contributed by atoms with Crippen molar-refractivity contribution in [3.05, 3.63) is 36.7 Å². The normalized spacial score (nSPS) is 20.9. The first-order valence-electron chi connectivity index (χ1n) is 7.95. The molecule has 0 atom stereocenters. The Hall–Kier alpha value is -2.50. The van der Waals surface area contributed by atoms with Gasteiger partial charge in [0, 0.05) is 36.6 Å². The van der Waals surface area contributed by atoms with Crippen LogP contribution in [0.25, 0.3) is 11.1 Å². The number of amides is 1. The van der Waals surface area contributed by atoms with E-state index in [9.17, 15) is 4.79 Å². The van der Waals surface area contributed by atoms with Crippen molar-refractivity contribution in [1.29, 1.82) is 0 Å². The molecular weight excluding hydrogens is 292 g/mol. The van der Waals surface area contributed by atoms with E-state index >= 15 is 0 Å². The molecule has 2 aromatic rings. The molecule has 6 heteroatoms. The van der Waals surface area contributed by atoms with E-state index in [1.54, 1.807) is 4.68 Å². The van der Waals surface area contributed by atoms with Gasteiger partial charge < -0.3 is 15.7 Å². The van der Waals surface area contributed by atoms with Gasteiger partial charge in [0.25, 0.3) is 0 Å². The highest BCUT2D eigenvalue weighted by molar-refractivity contribution is 5.65. The van der Waals surface area contributed by atoms with E-state index in [1.807, 2.05) is 19.4 Å². The van der Waals surface area contributed by atoms with Gasteiger partial charge in [-0.15, -0.1) is 0 Å². The largest absolute Gasteiger partial charge is 0.465 e. The second-order valence-corrected chi connectivity index (χ2v) is 6.12. The van der Waals surface area contributed by atoms with E-state index in [0.29, 0.717) is 6.04 Å². The average molecular weight is 314 g/mol. The minimum atomic E-state index is -0.924. The van der Waals surface area contributed by atoms with Crippen LogP contribution in [0.1, 0.15) is 25.7 Å². The van der Waals surface area contributed by atoms with Gasteiger partial charge in [0.1, 0.15) is 0 Å². The molecule has 122 valence electrons. The third-order valence-corrected chi connectivity index (χ3v) is 4.35. The zero-order chi connectivity index (χ0) is 16.2. The molecule has 1 heterocycles. The fourth-order valence-electron chi connectivity index (χ4n) is 3.12. The number of hydrogen-bond donors (Lipinski definition) is 3. The monoisotopic (exact) mass is 314 g/mol. The summed E-state index contributed by atoms with van der Waals surface area (Å²) < 4.78 is 1.80. The van der Waals surface area contributed by atoms with Crippen LogP contribution in [0, 0.1) is 0 Å². The summed E-state index contributed by atoms with van der Waals surface area (Å²) in [5, 5.41) is 19.1. The lowest BCUT2D eigenvalue weighted by Gasteiger charge is -2.29. The maximum absolute atomic E-state index is 10.7. The smallest absolute Gasteiger partial charge is 0.404 e.